The van der Waals surface area contributed by atoms with Crippen molar-refractivity contribution in [2.24, 2.45) is 5.73 Å². The summed E-state index contributed by atoms with van der Waals surface area (Å²) in [7, 11) is 1.43. The van der Waals surface area contributed by atoms with Crippen LogP contribution in [-0.4, -0.2) is 30.5 Å². The van der Waals surface area contributed by atoms with Gasteiger partial charge in [0, 0.05) is 25.6 Å². The first-order valence-electron chi connectivity index (χ1n) is 7.33. The Bertz CT molecular complexity index is 464. The van der Waals surface area contributed by atoms with Crippen molar-refractivity contribution in [2.45, 2.75) is 45.7 Å². The van der Waals surface area contributed by atoms with Crippen LogP contribution in [0.25, 0.3) is 0 Å². The Morgan fingerprint density at radius 1 is 1.48 bits per heavy atom. The summed E-state index contributed by atoms with van der Waals surface area (Å²) in [4.78, 5) is 13.9. The summed E-state index contributed by atoms with van der Waals surface area (Å²) in [5, 5.41) is 0. The first kappa shape index (κ1) is 17.4. The van der Waals surface area contributed by atoms with Crippen LogP contribution in [0.2, 0.25) is 0 Å². The largest absolute Gasteiger partial charge is 0.494 e. The van der Waals surface area contributed by atoms with Crippen molar-refractivity contribution < 1.29 is 13.9 Å². The SMILES string of the molecule is CCN(Cc1ccc(OC)c(F)c1)C(=O)CCCC(C)N. The minimum atomic E-state index is -0.407. The second-order valence-electron chi connectivity index (χ2n) is 5.25. The molecular formula is C16H25FN2O2. The van der Waals surface area contributed by atoms with E-state index < -0.39 is 5.82 Å². The Kier molecular flexibility index (Phi) is 7.15. The van der Waals surface area contributed by atoms with Crippen LogP contribution in [0.1, 0.15) is 38.7 Å². The van der Waals surface area contributed by atoms with Crippen LogP contribution in [0.5, 0.6) is 5.75 Å². The molecule has 0 aliphatic carbocycles. The standard InChI is InChI=1S/C16H25FN2O2/c1-4-19(16(20)7-5-6-12(2)18)11-13-8-9-15(21-3)14(17)10-13/h8-10,12H,4-7,11,18H2,1-3H3. The minimum absolute atomic E-state index is 0.0781. The molecule has 0 saturated heterocycles. The van der Waals surface area contributed by atoms with E-state index in [1.165, 1.54) is 13.2 Å². The van der Waals surface area contributed by atoms with Gasteiger partial charge < -0.3 is 15.4 Å². The molecular weight excluding hydrogens is 271 g/mol. The lowest BCUT2D eigenvalue weighted by atomic mass is 10.1. The maximum Gasteiger partial charge on any atom is 0.222 e. The Morgan fingerprint density at radius 3 is 2.71 bits per heavy atom. The molecule has 0 aliphatic rings. The average Bonchev–Trinajstić information content (AvgIpc) is 2.44. The topological polar surface area (TPSA) is 55.6 Å². The maximum absolute atomic E-state index is 13.7. The highest BCUT2D eigenvalue weighted by Crippen LogP contribution is 2.19. The van der Waals surface area contributed by atoms with Crippen LogP contribution in [0.15, 0.2) is 18.2 Å². The number of nitrogens with zero attached hydrogens (tertiary/aromatic N) is 1. The van der Waals surface area contributed by atoms with Crippen molar-refractivity contribution in [1.82, 2.24) is 4.90 Å². The lowest BCUT2D eigenvalue weighted by molar-refractivity contribution is -0.131. The molecule has 0 saturated carbocycles. The van der Waals surface area contributed by atoms with E-state index in [-0.39, 0.29) is 17.7 Å². The highest BCUT2D eigenvalue weighted by molar-refractivity contribution is 5.76. The van der Waals surface area contributed by atoms with E-state index in [9.17, 15) is 9.18 Å². The molecule has 4 nitrogen and oxygen atoms in total. The average molecular weight is 296 g/mol. The first-order valence-corrected chi connectivity index (χ1v) is 7.33. The molecule has 1 unspecified atom stereocenters. The Hall–Kier alpha value is -1.62. The van der Waals surface area contributed by atoms with Gasteiger partial charge in [-0.05, 0) is 44.4 Å². The fourth-order valence-corrected chi connectivity index (χ4v) is 2.14. The Morgan fingerprint density at radius 2 is 2.19 bits per heavy atom. The number of halogens is 1. The zero-order chi connectivity index (χ0) is 15.8. The highest BCUT2D eigenvalue weighted by atomic mass is 19.1. The monoisotopic (exact) mass is 296 g/mol. The molecule has 2 N–H and O–H groups in total. The molecule has 118 valence electrons. The maximum atomic E-state index is 13.7. The summed E-state index contributed by atoms with van der Waals surface area (Å²) in [6, 6.07) is 4.89. The Labute approximate surface area is 126 Å². The molecule has 0 radical (unpaired) electrons. The van der Waals surface area contributed by atoms with Crippen LogP contribution in [0.4, 0.5) is 4.39 Å². The molecule has 1 aromatic rings. The van der Waals surface area contributed by atoms with Gasteiger partial charge in [-0.1, -0.05) is 6.07 Å². The fraction of sp³-hybridized carbons (Fsp3) is 0.562. The fourth-order valence-electron chi connectivity index (χ4n) is 2.14. The smallest absolute Gasteiger partial charge is 0.222 e. The molecule has 0 spiro atoms. The van der Waals surface area contributed by atoms with Gasteiger partial charge in [-0.3, -0.25) is 4.79 Å². The third-order valence-corrected chi connectivity index (χ3v) is 3.37. The van der Waals surface area contributed by atoms with Crippen LogP contribution in [0.3, 0.4) is 0 Å². The van der Waals surface area contributed by atoms with Gasteiger partial charge in [0.05, 0.1) is 7.11 Å². The molecule has 21 heavy (non-hydrogen) atoms. The van der Waals surface area contributed by atoms with Crippen molar-refractivity contribution in [3.8, 4) is 5.75 Å². The molecule has 1 aromatic carbocycles. The van der Waals surface area contributed by atoms with E-state index >= 15 is 0 Å². The van der Waals surface area contributed by atoms with Gasteiger partial charge in [0.2, 0.25) is 5.91 Å². The number of carbonyl (C=O) groups excluding carboxylic acids is 1. The molecule has 5 heteroatoms. The first-order chi connectivity index (χ1) is 9.97. The predicted molar refractivity (Wildman–Crippen MR) is 81.5 cm³/mol. The number of benzene rings is 1. The number of rotatable bonds is 8. The quantitative estimate of drug-likeness (QED) is 0.802. The van der Waals surface area contributed by atoms with Crippen molar-refractivity contribution in [1.29, 1.82) is 0 Å². The number of hydrogen-bond donors (Lipinski definition) is 1. The number of methoxy groups -OCH3 is 1. The Balaban J connectivity index is 2.60. The summed E-state index contributed by atoms with van der Waals surface area (Å²) in [6.07, 6.45) is 2.10. The van der Waals surface area contributed by atoms with E-state index in [0.29, 0.717) is 19.5 Å². The molecule has 1 atom stereocenters. The third-order valence-electron chi connectivity index (χ3n) is 3.37. The van der Waals surface area contributed by atoms with Crippen LogP contribution in [0, 0.1) is 5.82 Å². The molecule has 0 aromatic heterocycles. The summed E-state index contributed by atoms with van der Waals surface area (Å²) >= 11 is 0. The van der Waals surface area contributed by atoms with Crippen LogP contribution >= 0.6 is 0 Å². The van der Waals surface area contributed by atoms with Gasteiger partial charge in [0.15, 0.2) is 11.6 Å². The minimum Gasteiger partial charge on any atom is -0.494 e. The van der Waals surface area contributed by atoms with E-state index in [1.54, 1.807) is 17.0 Å². The third kappa shape index (κ3) is 5.71. The van der Waals surface area contributed by atoms with Gasteiger partial charge in [-0.2, -0.15) is 0 Å². The van der Waals surface area contributed by atoms with Crippen molar-refractivity contribution in [2.75, 3.05) is 13.7 Å². The predicted octanol–water partition coefficient (Wildman–Crippen LogP) is 2.70. The van der Waals surface area contributed by atoms with Crippen molar-refractivity contribution in [3.05, 3.63) is 29.6 Å². The van der Waals surface area contributed by atoms with E-state index in [1.807, 2.05) is 13.8 Å². The molecule has 0 heterocycles. The molecule has 1 amide bonds. The number of ether oxygens (including phenoxy) is 1. The van der Waals surface area contributed by atoms with E-state index in [0.717, 1.165) is 18.4 Å². The second kappa shape index (κ2) is 8.62. The number of nitrogens with two attached hydrogens (primary N) is 1. The second-order valence-corrected chi connectivity index (χ2v) is 5.25. The number of amides is 1. The molecule has 0 bridgehead atoms. The summed E-state index contributed by atoms with van der Waals surface area (Å²) in [6.45, 7) is 4.87. The van der Waals surface area contributed by atoms with Gasteiger partial charge in [0.1, 0.15) is 0 Å². The van der Waals surface area contributed by atoms with Gasteiger partial charge >= 0.3 is 0 Å². The van der Waals surface area contributed by atoms with Crippen molar-refractivity contribution in [3.63, 3.8) is 0 Å². The number of carbonyl (C=O) groups is 1. The molecule has 1 rings (SSSR count). The van der Waals surface area contributed by atoms with Gasteiger partial charge in [0.25, 0.3) is 0 Å². The molecule has 0 fully saturated rings. The zero-order valence-electron chi connectivity index (χ0n) is 13.1. The lowest BCUT2D eigenvalue weighted by Crippen LogP contribution is -2.30. The normalized spacial score (nSPS) is 12.0. The van der Waals surface area contributed by atoms with E-state index in [4.69, 9.17) is 10.5 Å². The van der Waals surface area contributed by atoms with Gasteiger partial charge in [-0.25, -0.2) is 4.39 Å². The summed E-state index contributed by atoms with van der Waals surface area (Å²) in [5.41, 5.74) is 6.44. The summed E-state index contributed by atoms with van der Waals surface area (Å²) in [5.74, 6) is -0.116. The lowest BCUT2D eigenvalue weighted by Gasteiger charge is -2.21. The zero-order valence-corrected chi connectivity index (χ0v) is 13.1. The number of hydrogen-bond acceptors (Lipinski definition) is 3. The highest BCUT2D eigenvalue weighted by Gasteiger charge is 2.13. The van der Waals surface area contributed by atoms with Gasteiger partial charge in [-0.15, -0.1) is 0 Å². The van der Waals surface area contributed by atoms with Crippen molar-refractivity contribution >= 4 is 5.91 Å². The van der Waals surface area contributed by atoms with Crippen LogP contribution in [-0.2, 0) is 11.3 Å². The van der Waals surface area contributed by atoms with Crippen LogP contribution < -0.4 is 10.5 Å². The van der Waals surface area contributed by atoms with E-state index in [2.05, 4.69) is 0 Å². The molecule has 0 aliphatic heterocycles. The summed E-state index contributed by atoms with van der Waals surface area (Å²) < 4.78 is 18.5.